The van der Waals surface area contributed by atoms with E-state index in [4.69, 9.17) is 9.15 Å². The fraction of sp³-hybridized carbons (Fsp3) is 0.654. The highest BCUT2D eigenvalue weighted by atomic mass is 16.5. The number of allylic oxidation sites excluding steroid dienone is 1. The summed E-state index contributed by atoms with van der Waals surface area (Å²) in [5.74, 6) is -4.37. The molecule has 1 aromatic rings. The van der Waals surface area contributed by atoms with Gasteiger partial charge in [0.05, 0.1) is 31.0 Å². The second-order valence-corrected chi connectivity index (χ2v) is 11.6. The van der Waals surface area contributed by atoms with Gasteiger partial charge in [-0.05, 0) is 36.2 Å². The van der Waals surface area contributed by atoms with Crippen LogP contribution in [0.2, 0.25) is 0 Å². The van der Waals surface area contributed by atoms with Crippen LogP contribution in [0.15, 0.2) is 34.7 Å². The monoisotopic (exact) mass is 472 g/mol. The SMILES string of the molecule is CC1(C)[C@H](O)[C@@H]2C=C3[C@@H]4CC(=O)O[C@@H](c5ccoc5)[C@]4(C)CC[C@@H]3[C@@](C)(C2=O)[C@H]1[C@@H](O)C(=O)O. The predicted octanol–water partition coefficient (Wildman–Crippen LogP) is 2.89. The second kappa shape index (κ2) is 7.28. The molecule has 1 aromatic heterocycles. The third-order valence-electron chi connectivity index (χ3n) is 9.69. The summed E-state index contributed by atoms with van der Waals surface area (Å²) in [6.45, 7) is 7.29. The van der Waals surface area contributed by atoms with Crippen LogP contribution in [0.1, 0.15) is 58.6 Å². The van der Waals surface area contributed by atoms with Crippen molar-refractivity contribution in [3.8, 4) is 0 Å². The molecule has 9 atom stereocenters. The van der Waals surface area contributed by atoms with Crippen molar-refractivity contribution in [3.05, 3.63) is 35.8 Å². The number of carboxylic acids is 1. The largest absolute Gasteiger partial charge is 0.479 e. The molecular weight excluding hydrogens is 440 g/mol. The molecule has 1 aliphatic heterocycles. The smallest absolute Gasteiger partial charge is 0.332 e. The number of rotatable bonds is 3. The zero-order valence-electron chi connectivity index (χ0n) is 19.9. The van der Waals surface area contributed by atoms with E-state index in [1.807, 2.05) is 6.08 Å². The van der Waals surface area contributed by atoms with Crippen molar-refractivity contribution >= 4 is 17.7 Å². The Kier molecular flexibility index (Phi) is 4.99. The highest BCUT2D eigenvalue weighted by molar-refractivity contribution is 5.93. The summed E-state index contributed by atoms with van der Waals surface area (Å²) in [7, 11) is 0. The van der Waals surface area contributed by atoms with Crippen LogP contribution in [0.25, 0.3) is 0 Å². The molecule has 34 heavy (non-hydrogen) atoms. The molecule has 2 heterocycles. The summed E-state index contributed by atoms with van der Waals surface area (Å²) >= 11 is 0. The molecule has 1 saturated heterocycles. The van der Waals surface area contributed by atoms with Gasteiger partial charge in [-0.15, -0.1) is 0 Å². The number of esters is 1. The molecule has 184 valence electrons. The Hall–Kier alpha value is -2.45. The Morgan fingerprint density at radius 2 is 1.88 bits per heavy atom. The fourth-order valence-corrected chi connectivity index (χ4v) is 8.03. The van der Waals surface area contributed by atoms with Crippen molar-refractivity contribution in [3.63, 3.8) is 0 Å². The summed E-state index contributed by atoms with van der Waals surface area (Å²) in [5, 5.41) is 31.8. The van der Waals surface area contributed by atoms with Crippen LogP contribution in [-0.2, 0) is 19.1 Å². The minimum absolute atomic E-state index is 0.149. The topological polar surface area (TPSA) is 134 Å². The van der Waals surface area contributed by atoms with Gasteiger partial charge in [0.1, 0.15) is 11.9 Å². The minimum Gasteiger partial charge on any atom is -0.479 e. The second-order valence-electron chi connectivity index (χ2n) is 11.6. The van der Waals surface area contributed by atoms with Crippen molar-refractivity contribution in [2.45, 2.75) is 65.3 Å². The van der Waals surface area contributed by atoms with Gasteiger partial charge in [-0.25, -0.2) is 4.79 Å². The normalized spacial score (nSPS) is 43.8. The lowest BCUT2D eigenvalue weighted by atomic mass is 9.40. The molecular formula is C26H32O8. The third-order valence-corrected chi connectivity index (χ3v) is 9.69. The number of carboxylic acid groups (broad SMARTS) is 1. The molecule has 0 spiro atoms. The molecule has 0 unspecified atom stereocenters. The van der Waals surface area contributed by atoms with Gasteiger partial charge in [0.2, 0.25) is 0 Å². The number of hydrogen-bond donors (Lipinski definition) is 3. The number of ether oxygens (including phenoxy) is 1. The Morgan fingerprint density at radius 3 is 2.50 bits per heavy atom. The number of fused-ring (bicyclic) bond motifs is 6. The average molecular weight is 473 g/mol. The number of ketones is 1. The number of carbonyl (C=O) groups excluding carboxylic acids is 2. The molecule has 8 nitrogen and oxygen atoms in total. The first-order valence-electron chi connectivity index (χ1n) is 11.9. The van der Waals surface area contributed by atoms with E-state index in [1.165, 1.54) is 0 Å². The molecule has 5 rings (SSSR count). The number of aliphatic hydroxyl groups is 2. The molecule has 0 amide bonds. The van der Waals surface area contributed by atoms with Gasteiger partial charge in [0, 0.05) is 22.3 Å². The van der Waals surface area contributed by atoms with Crippen LogP contribution in [0.5, 0.6) is 0 Å². The maximum Gasteiger partial charge on any atom is 0.332 e. The number of cyclic esters (lactones) is 1. The van der Waals surface area contributed by atoms with E-state index < -0.39 is 52.4 Å². The summed E-state index contributed by atoms with van der Waals surface area (Å²) in [4.78, 5) is 38.4. The van der Waals surface area contributed by atoms with Crippen molar-refractivity contribution < 1.29 is 38.9 Å². The first-order valence-corrected chi connectivity index (χ1v) is 11.9. The van der Waals surface area contributed by atoms with Gasteiger partial charge < -0.3 is 24.5 Å². The summed E-state index contributed by atoms with van der Waals surface area (Å²) in [5.41, 5.74) is -0.977. The first-order chi connectivity index (χ1) is 15.8. The number of aliphatic hydroxyl groups excluding tert-OH is 2. The Bertz CT molecular complexity index is 1070. The Balaban J connectivity index is 1.66. The Morgan fingerprint density at radius 1 is 1.18 bits per heavy atom. The van der Waals surface area contributed by atoms with Gasteiger partial charge in [-0.2, -0.15) is 0 Å². The first kappa shape index (κ1) is 23.3. The van der Waals surface area contributed by atoms with Gasteiger partial charge in [0.25, 0.3) is 0 Å². The third kappa shape index (κ3) is 2.81. The molecule has 0 aromatic carbocycles. The summed E-state index contributed by atoms with van der Waals surface area (Å²) in [6.07, 6.45) is 2.87. The van der Waals surface area contributed by atoms with Crippen LogP contribution >= 0.6 is 0 Å². The van der Waals surface area contributed by atoms with E-state index in [1.54, 1.807) is 39.4 Å². The van der Waals surface area contributed by atoms with Crippen LogP contribution in [0, 0.1) is 39.9 Å². The lowest BCUT2D eigenvalue weighted by Gasteiger charge is -2.64. The molecule has 3 N–H and O–H groups in total. The fourth-order valence-electron chi connectivity index (χ4n) is 8.03. The van der Waals surface area contributed by atoms with E-state index >= 15 is 0 Å². The number of Topliss-reactive ketones (excluding diaryl/α,β-unsaturated/α-hetero) is 1. The van der Waals surface area contributed by atoms with Crippen LogP contribution in [-0.4, -0.2) is 45.2 Å². The molecule has 0 radical (unpaired) electrons. The van der Waals surface area contributed by atoms with E-state index in [2.05, 4.69) is 6.92 Å². The van der Waals surface area contributed by atoms with Gasteiger partial charge in [-0.1, -0.05) is 39.3 Å². The van der Waals surface area contributed by atoms with Crippen LogP contribution in [0.4, 0.5) is 0 Å². The average Bonchev–Trinajstić information content (AvgIpc) is 3.29. The zero-order valence-corrected chi connectivity index (χ0v) is 19.9. The van der Waals surface area contributed by atoms with E-state index in [0.717, 1.165) is 11.1 Å². The van der Waals surface area contributed by atoms with Crippen molar-refractivity contribution in [1.82, 2.24) is 0 Å². The molecule has 4 aliphatic rings. The highest BCUT2D eigenvalue weighted by Crippen LogP contribution is 2.67. The van der Waals surface area contributed by atoms with Crippen LogP contribution in [0.3, 0.4) is 0 Å². The summed E-state index contributed by atoms with van der Waals surface area (Å²) < 4.78 is 11.1. The molecule has 2 bridgehead atoms. The van der Waals surface area contributed by atoms with E-state index in [9.17, 15) is 29.7 Å². The lowest BCUT2D eigenvalue weighted by molar-refractivity contribution is -0.201. The number of aliphatic carboxylic acids is 1. The predicted molar refractivity (Wildman–Crippen MR) is 118 cm³/mol. The lowest BCUT2D eigenvalue weighted by Crippen LogP contribution is -2.68. The number of carbonyl (C=O) groups is 3. The van der Waals surface area contributed by atoms with E-state index in [-0.39, 0.29) is 30.0 Å². The maximum absolute atomic E-state index is 13.8. The van der Waals surface area contributed by atoms with Crippen molar-refractivity contribution in [2.24, 2.45) is 39.9 Å². The molecule has 8 heteroatoms. The summed E-state index contributed by atoms with van der Waals surface area (Å²) in [6, 6.07) is 1.79. The van der Waals surface area contributed by atoms with Gasteiger partial charge in [0.15, 0.2) is 6.10 Å². The Labute approximate surface area is 198 Å². The highest BCUT2D eigenvalue weighted by Gasteiger charge is 2.69. The maximum atomic E-state index is 13.8. The van der Waals surface area contributed by atoms with Crippen molar-refractivity contribution in [2.75, 3.05) is 0 Å². The molecule has 2 saturated carbocycles. The molecule has 3 fully saturated rings. The van der Waals surface area contributed by atoms with Crippen molar-refractivity contribution in [1.29, 1.82) is 0 Å². The standard InChI is InChI=1S/C26H32O8/c1-24(2)19(18(28)23(31)32)26(4)15-5-7-25(3)16(13(15)9-14(20(24)29)21(26)30)10-17(27)34-22(25)12-6-8-33-11-12/h6,8-9,11,14-16,18-20,22,28-29H,5,7,10H2,1-4H3,(H,31,32)/t14-,15-,16-,18+,19-,20+,22-,25+,26+/m0/s1. The zero-order chi connectivity index (χ0) is 24.8. The number of hydrogen-bond acceptors (Lipinski definition) is 7. The van der Waals surface area contributed by atoms with Crippen LogP contribution < -0.4 is 0 Å². The minimum atomic E-state index is -1.80. The van der Waals surface area contributed by atoms with Gasteiger partial charge >= 0.3 is 11.9 Å². The molecule has 3 aliphatic carbocycles. The van der Waals surface area contributed by atoms with Gasteiger partial charge in [-0.3, -0.25) is 9.59 Å². The number of furan rings is 1. The van der Waals surface area contributed by atoms with E-state index in [0.29, 0.717) is 12.8 Å². The quantitative estimate of drug-likeness (QED) is 0.452.